The Morgan fingerprint density at radius 1 is 1.09 bits per heavy atom. The number of H-pyrrole nitrogens is 1. The third kappa shape index (κ3) is 4.43. The summed E-state index contributed by atoms with van der Waals surface area (Å²) in [6.45, 7) is 2.34. The van der Waals surface area contributed by atoms with E-state index in [4.69, 9.17) is 4.74 Å². The average molecular weight is 474 g/mol. The van der Waals surface area contributed by atoms with Crippen LogP contribution in [0.1, 0.15) is 42.1 Å². The van der Waals surface area contributed by atoms with Crippen molar-refractivity contribution in [3.63, 3.8) is 0 Å². The number of para-hydroxylation sites is 1. The molecule has 0 spiro atoms. The maximum absolute atomic E-state index is 13.4. The number of imide groups is 1. The van der Waals surface area contributed by atoms with Crippen molar-refractivity contribution in [3.8, 4) is 0 Å². The summed E-state index contributed by atoms with van der Waals surface area (Å²) in [5, 5.41) is 1.09. The van der Waals surface area contributed by atoms with E-state index in [2.05, 4.69) is 4.98 Å². The number of amides is 3. The summed E-state index contributed by atoms with van der Waals surface area (Å²) in [6, 6.07) is 13.3. The number of hydrogen-bond acceptors (Lipinski definition) is 5. The molecule has 1 N–H and O–H groups in total. The van der Waals surface area contributed by atoms with E-state index < -0.39 is 17.9 Å². The van der Waals surface area contributed by atoms with Crippen molar-refractivity contribution < 1.29 is 23.9 Å². The van der Waals surface area contributed by atoms with Gasteiger partial charge in [0, 0.05) is 29.6 Å². The monoisotopic (exact) mass is 473 g/mol. The number of benzene rings is 2. The number of aromatic nitrogens is 1. The van der Waals surface area contributed by atoms with Crippen LogP contribution in [-0.4, -0.2) is 52.8 Å². The third-order valence-corrected chi connectivity index (χ3v) is 6.64. The molecule has 1 saturated carbocycles. The van der Waals surface area contributed by atoms with Crippen LogP contribution in [0.4, 0.5) is 5.69 Å². The second-order valence-corrected chi connectivity index (χ2v) is 8.97. The number of nitrogens with one attached hydrogen (secondary N) is 1. The Labute approximate surface area is 202 Å². The Morgan fingerprint density at radius 3 is 2.54 bits per heavy atom. The zero-order valence-corrected chi connectivity index (χ0v) is 19.5. The van der Waals surface area contributed by atoms with E-state index in [1.165, 1.54) is 12.1 Å². The van der Waals surface area contributed by atoms with Gasteiger partial charge in [-0.15, -0.1) is 0 Å². The van der Waals surface area contributed by atoms with Crippen molar-refractivity contribution >= 4 is 40.3 Å². The average Bonchev–Trinajstić information content (AvgIpc) is 3.57. The van der Waals surface area contributed by atoms with E-state index in [1.54, 1.807) is 24.0 Å². The highest BCUT2D eigenvalue weighted by Crippen LogP contribution is 2.34. The third-order valence-electron chi connectivity index (χ3n) is 6.64. The molecule has 1 aliphatic heterocycles. The first-order valence-electron chi connectivity index (χ1n) is 12.0. The minimum atomic E-state index is -0.828. The van der Waals surface area contributed by atoms with Crippen molar-refractivity contribution in [1.29, 1.82) is 0 Å². The molecule has 35 heavy (non-hydrogen) atoms. The molecule has 0 bridgehead atoms. The van der Waals surface area contributed by atoms with E-state index in [-0.39, 0.29) is 30.8 Å². The van der Waals surface area contributed by atoms with E-state index in [1.807, 2.05) is 30.5 Å². The molecule has 2 fully saturated rings. The molecule has 3 aromatic rings. The van der Waals surface area contributed by atoms with Crippen molar-refractivity contribution in [2.45, 2.75) is 38.6 Å². The molecule has 0 radical (unpaired) electrons. The molecule has 8 heteroatoms. The highest BCUT2D eigenvalue weighted by Gasteiger charge is 2.46. The van der Waals surface area contributed by atoms with Gasteiger partial charge in [-0.1, -0.05) is 18.2 Å². The minimum Gasteiger partial charge on any atom is -0.462 e. The van der Waals surface area contributed by atoms with Gasteiger partial charge in [0.2, 0.25) is 11.8 Å². The molecule has 1 atom stereocenters. The molecule has 3 amide bonds. The number of anilines is 1. The van der Waals surface area contributed by atoms with E-state index in [9.17, 15) is 19.2 Å². The van der Waals surface area contributed by atoms with Crippen LogP contribution >= 0.6 is 0 Å². The summed E-state index contributed by atoms with van der Waals surface area (Å²) >= 11 is 0. The fourth-order valence-corrected chi connectivity index (χ4v) is 4.66. The number of hydrogen-bond donors (Lipinski definition) is 1. The molecule has 2 heterocycles. The van der Waals surface area contributed by atoms with Crippen LogP contribution in [0, 0.1) is 5.92 Å². The first kappa shape index (κ1) is 22.8. The lowest BCUT2D eigenvalue weighted by atomic mass is 10.1. The molecule has 1 aromatic heterocycles. The highest BCUT2D eigenvalue weighted by atomic mass is 16.5. The van der Waals surface area contributed by atoms with Crippen LogP contribution in [0.3, 0.4) is 0 Å². The summed E-state index contributed by atoms with van der Waals surface area (Å²) in [5.41, 5.74) is 2.81. The zero-order chi connectivity index (χ0) is 24.5. The number of rotatable bonds is 8. The van der Waals surface area contributed by atoms with Crippen molar-refractivity contribution in [2.24, 2.45) is 5.92 Å². The second kappa shape index (κ2) is 9.37. The lowest BCUT2D eigenvalue weighted by Crippen LogP contribution is -2.47. The second-order valence-electron chi connectivity index (χ2n) is 8.97. The first-order chi connectivity index (χ1) is 17.0. The Hall–Kier alpha value is -3.94. The zero-order valence-electron chi connectivity index (χ0n) is 19.5. The van der Waals surface area contributed by atoms with Crippen LogP contribution in [0.2, 0.25) is 0 Å². The number of ether oxygens (including phenoxy) is 1. The number of carbonyl (C=O) groups excluding carboxylic acids is 4. The van der Waals surface area contributed by atoms with Crippen molar-refractivity contribution in [3.05, 3.63) is 65.9 Å². The van der Waals surface area contributed by atoms with Gasteiger partial charge in [0.1, 0.15) is 6.04 Å². The lowest BCUT2D eigenvalue weighted by Gasteiger charge is -2.28. The van der Waals surface area contributed by atoms with Gasteiger partial charge < -0.3 is 14.6 Å². The number of fused-ring (bicyclic) bond motifs is 1. The number of nitrogens with zero attached hydrogens (tertiary/aromatic N) is 2. The normalized spacial score (nSPS) is 17.7. The van der Waals surface area contributed by atoms with Crippen LogP contribution in [0.5, 0.6) is 0 Å². The molecule has 2 aromatic carbocycles. The first-order valence-corrected chi connectivity index (χ1v) is 12.0. The van der Waals surface area contributed by atoms with Crippen LogP contribution < -0.4 is 4.90 Å². The van der Waals surface area contributed by atoms with Gasteiger partial charge in [-0.05, 0) is 62.1 Å². The van der Waals surface area contributed by atoms with Crippen LogP contribution in [0.15, 0.2) is 54.7 Å². The Balaban J connectivity index is 1.35. The fraction of sp³-hybridized carbons (Fsp3) is 0.333. The highest BCUT2D eigenvalue weighted by molar-refractivity contribution is 6.23. The van der Waals surface area contributed by atoms with E-state index in [0.717, 1.165) is 34.2 Å². The molecule has 8 nitrogen and oxygen atoms in total. The van der Waals surface area contributed by atoms with Gasteiger partial charge in [0.15, 0.2) is 0 Å². The maximum Gasteiger partial charge on any atom is 0.338 e. The minimum absolute atomic E-state index is 0.0508. The maximum atomic E-state index is 13.4. The van der Waals surface area contributed by atoms with Gasteiger partial charge in [-0.25, -0.2) is 9.69 Å². The van der Waals surface area contributed by atoms with Crippen molar-refractivity contribution in [2.75, 3.05) is 18.1 Å². The van der Waals surface area contributed by atoms with Crippen molar-refractivity contribution in [1.82, 2.24) is 9.88 Å². The van der Waals surface area contributed by atoms with Crippen LogP contribution in [0.25, 0.3) is 10.9 Å². The Kier molecular flexibility index (Phi) is 6.11. The topological polar surface area (TPSA) is 99.8 Å². The number of carbonyl (C=O) groups is 4. The quantitative estimate of drug-likeness (QED) is 0.399. The SMILES string of the molecule is CCOC(=O)c1ccc(N2C(=O)CC(N(CCc3c[nH]c4ccccc34)C(=O)C3CC3)C2=O)cc1. The molecule has 1 saturated heterocycles. The van der Waals surface area contributed by atoms with Gasteiger partial charge >= 0.3 is 5.97 Å². The molecule has 180 valence electrons. The standard InChI is InChI=1S/C27H27N3O5/c1-2-35-27(34)18-9-11-20(12-10-18)30-24(31)15-23(26(30)33)29(25(32)17-7-8-17)14-13-19-16-28-22-6-4-3-5-21(19)22/h3-6,9-12,16-17,23,28H,2,7-8,13-15H2,1H3. The summed E-state index contributed by atoms with van der Waals surface area (Å²) in [6.07, 6.45) is 4.09. The molecule has 1 unspecified atom stereocenters. The Morgan fingerprint density at radius 2 is 1.83 bits per heavy atom. The summed E-state index contributed by atoms with van der Waals surface area (Å²) in [7, 11) is 0. The summed E-state index contributed by atoms with van der Waals surface area (Å²) < 4.78 is 4.99. The van der Waals surface area contributed by atoms with E-state index in [0.29, 0.717) is 24.2 Å². The van der Waals surface area contributed by atoms with Gasteiger partial charge in [-0.2, -0.15) is 0 Å². The molecular formula is C27H27N3O5. The lowest BCUT2D eigenvalue weighted by molar-refractivity contribution is -0.139. The number of esters is 1. The Bertz CT molecular complexity index is 1290. The smallest absolute Gasteiger partial charge is 0.338 e. The predicted molar refractivity (Wildman–Crippen MR) is 130 cm³/mol. The van der Waals surface area contributed by atoms with Gasteiger partial charge in [0.05, 0.1) is 24.3 Å². The van der Waals surface area contributed by atoms with Gasteiger partial charge in [-0.3, -0.25) is 14.4 Å². The van der Waals surface area contributed by atoms with E-state index >= 15 is 0 Å². The summed E-state index contributed by atoms with van der Waals surface area (Å²) in [5.74, 6) is -1.36. The predicted octanol–water partition coefficient (Wildman–Crippen LogP) is 3.46. The van der Waals surface area contributed by atoms with Crippen LogP contribution in [-0.2, 0) is 25.5 Å². The fourth-order valence-electron chi connectivity index (χ4n) is 4.66. The van der Waals surface area contributed by atoms with Gasteiger partial charge in [0.25, 0.3) is 5.91 Å². The molecule has 2 aliphatic rings. The molecule has 5 rings (SSSR count). The molecular weight excluding hydrogens is 446 g/mol. The summed E-state index contributed by atoms with van der Waals surface area (Å²) in [4.78, 5) is 57.4. The number of aromatic amines is 1. The largest absolute Gasteiger partial charge is 0.462 e. The molecule has 1 aliphatic carbocycles.